The van der Waals surface area contributed by atoms with Crippen LogP contribution in [0.15, 0.2) is 16.8 Å². The lowest BCUT2D eigenvalue weighted by molar-refractivity contribution is 0.350. The predicted octanol–water partition coefficient (Wildman–Crippen LogP) is 2.36. The number of hydrogen-bond acceptors (Lipinski definition) is 2. The first-order valence-electron chi connectivity index (χ1n) is 5.01. The Hall–Kier alpha value is -0.630. The van der Waals surface area contributed by atoms with Gasteiger partial charge in [-0.3, -0.25) is 4.99 Å². The highest BCUT2D eigenvalue weighted by molar-refractivity contribution is 5.93. The molecule has 0 radical (unpaired) electrons. The lowest BCUT2D eigenvalue weighted by Gasteiger charge is -2.34. The molecule has 2 atom stereocenters. The van der Waals surface area contributed by atoms with Gasteiger partial charge in [0.2, 0.25) is 0 Å². The third kappa shape index (κ3) is 1.44. The zero-order valence-corrected chi connectivity index (χ0v) is 9.09. The van der Waals surface area contributed by atoms with Gasteiger partial charge in [-0.05, 0) is 18.4 Å². The van der Waals surface area contributed by atoms with E-state index in [4.69, 9.17) is 5.73 Å². The summed E-state index contributed by atoms with van der Waals surface area (Å²) in [4.78, 5) is 4.39. The second-order valence-corrected chi connectivity index (χ2v) is 4.08. The van der Waals surface area contributed by atoms with Gasteiger partial charge in [0.1, 0.15) is 0 Å². The number of nitrogens with zero attached hydrogens (tertiary/aromatic N) is 1. The van der Waals surface area contributed by atoms with E-state index >= 15 is 0 Å². The van der Waals surface area contributed by atoms with Gasteiger partial charge in [0.25, 0.3) is 0 Å². The third-order valence-electron chi connectivity index (χ3n) is 3.65. The van der Waals surface area contributed by atoms with Gasteiger partial charge in [-0.25, -0.2) is 0 Å². The molecule has 0 amide bonds. The summed E-state index contributed by atoms with van der Waals surface area (Å²) in [6, 6.07) is 0. The lowest BCUT2D eigenvalue weighted by Crippen LogP contribution is -2.35. The molecule has 74 valence electrons. The molecule has 1 rings (SSSR count). The summed E-state index contributed by atoms with van der Waals surface area (Å²) in [7, 11) is 0. The van der Waals surface area contributed by atoms with Gasteiger partial charge in [0, 0.05) is 23.9 Å². The van der Waals surface area contributed by atoms with Crippen molar-refractivity contribution < 1.29 is 0 Å². The van der Waals surface area contributed by atoms with Crippen LogP contribution in [-0.2, 0) is 0 Å². The smallest absolute Gasteiger partial charge is 0.0320 e. The van der Waals surface area contributed by atoms with Crippen molar-refractivity contribution in [2.45, 2.75) is 34.1 Å². The largest absolute Gasteiger partial charge is 0.327 e. The van der Waals surface area contributed by atoms with E-state index in [-0.39, 0.29) is 5.41 Å². The first-order valence-corrected chi connectivity index (χ1v) is 5.01. The maximum Gasteiger partial charge on any atom is 0.0320 e. The number of nitrogens with two attached hydrogens (primary N) is 1. The molecule has 0 saturated heterocycles. The van der Waals surface area contributed by atoms with E-state index in [0.29, 0.717) is 12.5 Å². The van der Waals surface area contributed by atoms with Gasteiger partial charge >= 0.3 is 0 Å². The Labute approximate surface area is 80.9 Å². The maximum absolute atomic E-state index is 5.72. The van der Waals surface area contributed by atoms with Crippen LogP contribution < -0.4 is 5.73 Å². The summed E-state index contributed by atoms with van der Waals surface area (Å²) in [6.07, 6.45) is 3.11. The van der Waals surface area contributed by atoms with Crippen molar-refractivity contribution in [3.05, 3.63) is 11.8 Å². The fraction of sp³-hybridized carbons (Fsp3) is 0.727. The van der Waals surface area contributed by atoms with Crippen LogP contribution in [0.3, 0.4) is 0 Å². The number of hydrogen-bond donors (Lipinski definition) is 1. The van der Waals surface area contributed by atoms with Gasteiger partial charge in [-0.2, -0.15) is 0 Å². The van der Waals surface area contributed by atoms with Gasteiger partial charge in [0.15, 0.2) is 0 Å². The second kappa shape index (κ2) is 3.62. The molecule has 13 heavy (non-hydrogen) atoms. The zero-order valence-electron chi connectivity index (χ0n) is 9.09. The fourth-order valence-corrected chi connectivity index (χ4v) is 2.02. The van der Waals surface area contributed by atoms with Crippen LogP contribution in [0.4, 0.5) is 0 Å². The van der Waals surface area contributed by atoms with E-state index in [2.05, 4.69) is 32.7 Å². The van der Waals surface area contributed by atoms with Gasteiger partial charge in [-0.15, -0.1) is 0 Å². The first kappa shape index (κ1) is 10.5. The monoisotopic (exact) mass is 180 g/mol. The Balaban J connectivity index is 2.98. The minimum absolute atomic E-state index is 0.115. The van der Waals surface area contributed by atoms with E-state index < -0.39 is 0 Å². The van der Waals surface area contributed by atoms with E-state index in [0.717, 1.165) is 0 Å². The molecule has 0 spiro atoms. The predicted molar refractivity (Wildman–Crippen MR) is 57.8 cm³/mol. The molecular formula is C11H20N2. The van der Waals surface area contributed by atoms with Crippen molar-refractivity contribution in [1.82, 2.24) is 0 Å². The molecule has 0 aromatic rings. The molecule has 2 N–H and O–H groups in total. The topological polar surface area (TPSA) is 38.4 Å². The van der Waals surface area contributed by atoms with Crippen molar-refractivity contribution in [3.63, 3.8) is 0 Å². The zero-order chi connectivity index (χ0) is 10.1. The first-order chi connectivity index (χ1) is 6.07. The summed E-state index contributed by atoms with van der Waals surface area (Å²) in [5.74, 6) is 0.619. The summed E-state index contributed by atoms with van der Waals surface area (Å²) in [5.41, 5.74) is 8.32. The second-order valence-electron chi connectivity index (χ2n) is 4.08. The summed E-state index contributed by atoms with van der Waals surface area (Å²) < 4.78 is 0. The molecule has 2 nitrogen and oxygen atoms in total. The van der Waals surface area contributed by atoms with Crippen LogP contribution in [-0.4, -0.2) is 12.3 Å². The summed E-state index contributed by atoms with van der Waals surface area (Å²) >= 11 is 0. The van der Waals surface area contributed by atoms with Gasteiger partial charge < -0.3 is 5.73 Å². The van der Waals surface area contributed by atoms with Gasteiger partial charge in [0.05, 0.1) is 0 Å². The van der Waals surface area contributed by atoms with Crippen LogP contribution in [0.5, 0.6) is 0 Å². The highest BCUT2D eigenvalue weighted by Crippen LogP contribution is 2.41. The van der Waals surface area contributed by atoms with Gasteiger partial charge in [-0.1, -0.05) is 27.2 Å². The number of aliphatic imine (C=N–C) groups is 1. The summed E-state index contributed by atoms with van der Waals surface area (Å²) in [5, 5.41) is 0. The highest BCUT2D eigenvalue weighted by Gasteiger charge is 2.38. The molecule has 1 heterocycles. The van der Waals surface area contributed by atoms with Crippen LogP contribution in [0, 0.1) is 11.3 Å². The molecule has 1 aliphatic rings. The lowest BCUT2D eigenvalue weighted by atomic mass is 9.69. The molecule has 0 aliphatic carbocycles. The molecule has 1 aliphatic heterocycles. The quantitative estimate of drug-likeness (QED) is 0.711. The Kier molecular flexibility index (Phi) is 2.91. The van der Waals surface area contributed by atoms with E-state index in [1.807, 2.05) is 6.20 Å². The molecule has 0 unspecified atom stereocenters. The molecule has 0 bridgehead atoms. The Bertz CT molecular complexity index is 253. The maximum atomic E-state index is 5.72. The molecule has 0 fully saturated rings. The number of rotatable bonds is 3. The van der Waals surface area contributed by atoms with Crippen LogP contribution in [0.25, 0.3) is 0 Å². The average molecular weight is 180 g/mol. The third-order valence-corrected chi connectivity index (χ3v) is 3.65. The molecule has 0 aromatic heterocycles. The fourth-order valence-electron chi connectivity index (χ4n) is 2.02. The standard InChI is InChI=1S/C11H20N2/c1-5-8(2)11(4)9(3)13-7-10(11)6-12/h7-8H,5-6,12H2,1-4H3/t8-,11+/m1/s1. The van der Waals surface area contributed by atoms with Crippen molar-refractivity contribution in [2.24, 2.45) is 22.1 Å². The average Bonchev–Trinajstić information content (AvgIpc) is 2.43. The van der Waals surface area contributed by atoms with Crippen molar-refractivity contribution in [2.75, 3.05) is 6.54 Å². The van der Waals surface area contributed by atoms with Crippen LogP contribution in [0.2, 0.25) is 0 Å². The summed E-state index contributed by atoms with van der Waals surface area (Å²) in [6.45, 7) is 9.47. The Morgan fingerprint density at radius 2 is 2.23 bits per heavy atom. The van der Waals surface area contributed by atoms with E-state index in [9.17, 15) is 0 Å². The minimum Gasteiger partial charge on any atom is -0.327 e. The molecule has 0 saturated carbocycles. The molecule has 0 aromatic carbocycles. The SMILES string of the molecule is CC[C@@H](C)[C@]1(C)C(CN)=CN=C1C. The molecule has 2 heteroatoms. The van der Waals surface area contributed by atoms with E-state index in [1.54, 1.807) is 0 Å². The van der Waals surface area contributed by atoms with Crippen molar-refractivity contribution >= 4 is 5.71 Å². The highest BCUT2D eigenvalue weighted by atomic mass is 14.8. The van der Waals surface area contributed by atoms with E-state index in [1.165, 1.54) is 17.7 Å². The molecular weight excluding hydrogens is 160 g/mol. The Morgan fingerprint density at radius 1 is 1.62 bits per heavy atom. The Morgan fingerprint density at radius 3 is 2.69 bits per heavy atom. The van der Waals surface area contributed by atoms with Crippen LogP contribution in [0.1, 0.15) is 34.1 Å². The minimum atomic E-state index is 0.115. The van der Waals surface area contributed by atoms with Crippen molar-refractivity contribution in [1.29, 1.82) is 0 Å². The van der Waals surface area contributed by atoms with Crippen LogP contribution >= 0.6 is 0 Å². The normalized spacial score (nSPS) is 29.9. The van der Waals surface area contributed by atoms with Crippen molar-refractivity contribution in [3.8, 4) is 0 Å².